The van der Waals surface area contributed by atoms with Gasteiger partial charge in [-0.3, -0.25) is 9.28 Å². The number of aromatic nitrogens is 2. The first-order valence-electron chi connectivity index (χ1n) is 14.3. The lowest BCUT2D eigenvalue weighted by Crippen LogP contribution is -2.44. The van der Waals surface area contributed by atoms with E-state index in [9.17, 15) is 9.59 Å². The van der Waals surface area contributed by atoms with Crippen molar-refractivity contribution in [3.63, 3.8) is 0 Å². The van der Waals surface area contributed by atoms with Crippen LogP contribution in [0, 0.1) is 11.8 Å². The molecule has 0 amide bonds. The molecule has 4 aromatic rings. The molecule has 0 radical (unpaired) electrons. The van der Waals surface area contributed by atoms with Crippen LogP contribution in [0.4, 0.5) is 17.5 Å². The first-order chi connectivity index (χ1) is 21.6. The fourth-order valence-electron chi connectivity index (χ4n) is 5.38. The summed E-state index contributed by atoms with van der Waals surface area (Å²) in [5.41, 5.74) is 16.8. The summed E-state index contributed by atoms with van der Waals surface area (Å²) in [6.07, 6.45) is 3.70. The Morgan fingerprint density at radius 3 is 2.44 bits per heavy atom. The van der Waals surface area contributed by atoms with Crippen molar-refractivity contribution in [2.45, 2.75) is 19.9 Å². The maximum Gasteiger partial charge on any atom is 0.347 e. The summed E-state index contributed by atoms with van der Waals surface area (Å²) in [5, 5.41) is 0. The molecule has 228 valence electrons. The molecule has 1 aliphatic rings. The van der Waals surface area contributed by atoms with Crippen molar-refractivity contribution in [3.05, 3.63) is 112 Å². The lowest BCUT2D eigenvalue weighted by atomic mass is 9.94. The van der Waals surface area contributed by atoms with Crippen molar-refractivity contribution in [1.29, 1.82) is 0 Å². The number of hydrogen-bond donors (Lipinski definition) is 2. The van der Waals surface area contributed by atoms with E-state index in [0.29, 0.717) is 52.5 Å². The molecule has 0 spiro atoms. The third-order valence-electron chi connectivity index (χ3n) is 7.49. The standard InChI is InChI=1S/C35H34N5O5/c1-5-45-34(42)28-21-40(2,20-23-9-7-6-8-10-23)29-17-22(12-14-27(29)31(28)41)11-13-25-15-24(18-30(43-3)32(25)44-4)16-26-19-38-35(37)39-33(26)36/h6-10,12,14-15,17-19,21H,5,16,20H2,1-4H3,(H4,36,37,38,39)/q+1. The largest absolute Gasteiger partial charge is 0.493 e. The van der Waals surface area contributed by atoms with Crippen LogP contribution in [0.1, 0.15) is 45.1 Å². The van der Waals surface area contributed by atoms with Crippen molar-refractivity contribution in [3.8, 4) is 23.3 Å². The number of nitrogens with two attached hydrogens (primary N) is 2. The fraction of sp³-hybridized carbons (Fsp3) is 0.200. The highest BCUT2D eigenvalue weighted by molar-refractivity contribution is 6.27. The summed E-state index contributed by atoms with van der Waals surface area (Å²) < 4.78 is 16.7. The van der Waals surface area contributed by atoms with E-state index < -0.39 is 5.97 Å². The Hall–Kier alpha value is -5.66. The first-order valence-corrected chi connectivity index (χ1v) is 14.3. The summed E-state index contributed by atoms with van der Waals surface area (Å²) in [6, 6.07) is 19.0. The highest BCUT2D eigenvalue weighted by Gasteiger charge is 2.40. The van der Waals surface area contributed by atoms with Crippen LogP contribution in [0.25, 0.3) is 0 Å². The van der Waals surface area contributed by atoms with E-state index >= 15 is 0 Å². The van der Waals surface area contributed by atoms with Crippen molar-refractivity contribution in [1.82, 2.24) is 14.5 Å². The number of anilines is 2. The number of rotatable bonds is 8. The third kappa shape index (κ3) is 6.49. The zero-order valence-electron chi connectivity index (χ0n) is 25.6. The molecule has 5 rings (SSSR count). The third-order valence-corrected chi connectivity index (χ3v) is 7.49. The molecule has 1 aliphatic heterocycles. The van der Waals surface area contributed by atoms with Gasteiger partial charge >= 0.3 is 5.97 Å². The van der Waals surface area contributed by atoms with E-state index in [1.165, 1.54) is 0 Å². The number of benzene rings is 3. The summed E-state index contributed by atoms with van der Waals surface area (Å²) in [4.78, 5) is 34.4. The monoisotopic (exact) mass is 604 g/mol. The molecule has 1 aromatic heterocycles. The van der Waals surface area contributed by atoms with Gasteiger partial charge in [0.15, 0.2) is 17.1 Å². The summed E-state index contributed by atoms with van der Waals surface area (Å²) in [6.45, 7) is 2.39. The smallest absolute Gasteiger partial charge is 0.347 e. The number of ether oxygens (including phenoxy) is 3. The van der Waals surface area contributed by atoms with E-state index in [1.807, 2.05) is 55.6 Å². The molecule has 1 atom stereocenters. The second-order valence-electron chi connectivity index (χ2n) is 10.7. The number of ketones is 1. The van der Waals surface area contributed by atoms with Crippen LogP contribution < -0.4 is 25.4 Å². The molecule has 45 heavy (non-hydrogen) atoms. The van der Waals surface area contributed by atoms with Gasteiger partial charge in [0.2, 0.25) is 11.7 Å². The van der Waals surface area contributed by atoms with Crippen molar-refractivity contribution in [2.24, 2.45) is 0 Å². The number of methoxy groups -OCH3 is 2. The van der Waals surface area contributed by atoms with Crippen molar-refractivity contribution >= 4 is 29.2 Å². The highest BCUT2D eigenvalue weighted by Crippen LogP contribution is 2.37. The van der Waals surface area contributed by atoms with Gasteiger partial charge in [0.05, 0.1) is 39.0 Å². The SMILES string of the molecule is CCOC(=O)C1=C[N+](C)(Cc2ccccc2)c2cc(C#Cc3cc(Cc4cnc(N)nc4N)cc(OC)c3OC)ccc2C1=O. The Kier molecular flexibility index (Phi) is 8.83. The quantitative estimate of drug-likeness (QED) is 0.129. The van der Waals surface area contributed by atoms with Crippen molar-refractivity contribution in [2.75, 3.05) is 39.3 Å². The van der Waals surface area contributed by atoms with Crippen LogP contribution in [-0.2, 0) is 22.5 Å². The van der Waals surface area contributed by atoms with Crippen LogP contribution in [0.15, 0.2) is 78.6 Å². The number of fused-ring (bicyclic) bond motifs is 1. The summed E-state index contributed by atoms with van der Waals surface area (Å²) >= 11 is 0. The van der Waals surface area contributed by atoms with Crippen LogP contribution >= 0.6 is 0 Å². The van der Waals surface area contributed by atoms with E-state index in [1.54, 1.807) is 45.7 Å². The average Bonchev–Trinajstić information content (AvgIpc) is 3.03. The van der Waals surface area contributed by atoms with Crippen LogP contribution in [0.2, 0.25) is 0 Å². The maximum absolute atomic E-state index is 13.5. The zero-order valence-corrected chi connectivity index (χ0v) is 25.6. The Morgan fingerprint density at radius 1 is 0.978 bits per heavy atom. The first kappa shape index (κ1) is 30.8. The predicted octanol–water partition coefficient (Wildman–Crippen LogP) is 4.43. The molecule has 10 heteroatoms. The van der Waals surface area contributed by atoms with Crippen molar-refractivity contribution < 1.29 is 23.8 Å². The topological polar surface area (TPSA) is 140 Å². The number of Topliss-reactive ketones (excluding diaryl/α,β-unsaturated/α-hetero) is 1. The molecule has 10 nitrogen and oxygen atoms in total. The minimum atomic E-state index is -0.636. The molecule has 0 saturated heterocycles. The number of hydrogen-bond acceptors (Lipinski definition) is 9. The number of carbonyl (C=O) groups is 2. The van der Waals surface area contributed by atoms with E-state index in [0.717, 1.165) is 16.8 Å². The van der Waals surface area contributed by atoms with E-state index in [4.69, 9.17) is 25.7 Å². The molecule has 0 bridgehead atoms. The normalized spacial score (nSPS) is 15.3. The van der Waals surface area contributed by atoms with Gasteiger partial charge in [0.25, 0.3) is 0 Å². The number of nitrogen functional groups attached to an aromatic ring is 2. The molecule has 3 aromatic carbocycles. The van der Waals surface area contributed by atoms with Gasteiger partial charge < -0.3 is 25.7 Å². The van der Waals surface area contributed by atoms with Gasteiger partial charge in [0, 0.05) is 35.4 Å². The van der Waals surface area contributed by atoms with Gasteiger partial charge in [-0.2, -0.15) is 4.98 Å². The lowest BCUT2D eigenvalue weighted by Gasteiger charge is -2.35. The van der Waals surface area contributed by atoms with Gasteiger partial charge in [-0.15, -0.1) is 0 Å². The molecule has 4 N–H and O–H groups in total. The Bertz CT molecular complexity index is 1880. The fourth-order valence-corrected chi connectivity index (χ4v) is 5.38. The minimum Gasteiger partial charge on any atom is -0.493 e. The van der Waals surface area contributed by atoms with Gasteiger partial charge in [0.1, 0.15) is 24.2 Å². The number of esters is 1. The predicted molar refractivity (Wildman–Crippen MR) is 173 cm³/mol. The van der Waals surface area contributed by atoms with E-state index in [-0.39, 0.29) is 28.4 Å². The van der Waals surface area contributed by atoms with E-state index in [2.05, 4.69) is 21.8 Å². The Morgan fingerprint density at radius 2 is 1.76 bits per heavy atom. The van der Waals surface area contributed by atoms with Gasteiger partial charge in [-0.25, -0.2) is 9.78 Å². The van der Waals surface area contributed by atoms with Gasteiger partial charge in [-0.05, 0) is 36.8 Å². The maximum atomic E-state index is 13.5. The molecule has 2 heterocycles. The average molecular weight is 605 g/mol. The molecule has 0 saturated carbocycles. The van der Waals surface area contributed by atoms with Gasteiger partial charge in [-0.1, -0.05) is 42.2 Å². The minimum absolute atomic E-state index is 0.0161. The second kappa shape index (κ2) is 12.9. The molecule has 0 fully saturated rings. The number of carbonyl (C=O) groups excluding carboxylic acids is 2. The lowest BCUT2D eigenvalue weighted by molar-refractivity contribution is -0.138. The highest BCUT2D eigenvalue weighted by atomic mass is 16.5. The van der Waals surface area contributed by atoms with Crippen LogP contribution in [-0.4, -0.2) is 49.6 Å². The van der Waals surface area contributed by atoms with Crippen LogP contribution in [0.3, 0.4) is 0 Å². The number of nitrogens with zero attached hydrogens (tertiary/aromatic N) is 3. The summed E-state index contributed by atoms with van der Waals surface area (Å²) in [7, 11) is 5.07. The summed E-state index contributed by atoms with van der Waals surface area (Å²) in [5.74, 6) is 6.83. The Balaban J connectivity index is 1.57. The Labute approximate surface area is 261 Å². The molecule has 0 aliphatic carbocycles. The zero-order chi connectivity index (χ0) is 32.1. The molecule has 1 unspecified atom stereocenters. The second-order valence-corrected chi connectivity index (χ2v) is 10.7. The van der Waals surface area contributed by atoms with Crippen LogP contribution in [0.5, 0.6) is 11.5 Å². The number of quaternary nitrogens is 1. The molecular weight excluding hydrogens is 570 g/mol. The molecular formula is C35H34N5O5+.